The lowest BCUT2D eigenvalue weighted by Gasteiger charge is -2.60. The summed E-state index contributed by atoms with van der Waals surface area (Å²) < 4.78 is 5.98. The lowest BCUT2D eigenvalue weighted by molar-refractivity contribution is -0.192. The fraction of sp³-hybridized carbons (Fsp3) is 1.00. The third-order valence-corrected chi connectivity index (χ3v) is 5.97. The van der Waals surface area contributed by atoms with E-state index in [2.05, 4.69) is 19.2 Å². The average Bonchev–Trinajstić information content (AvgIpc) is 2.44. The maximum atomic E-state index is 5.98. The summed E-state index contributed by atoms with van der Waals surface area (Å²) >= 11 is 0. The Morgan fingerprint density at radius 3 is 2.63 bits per heavy atom. The quantitative estimate of drug-likeness (QED) is 0.836. The Hall–Kier alpha value is -0.0800. The molecule has 0 aromatic rings. The van der Waals surface area contributed by atoms with Crippen molar-refractivity contribution in [1.29, 1.82) is 0 Å². The molecule has 2 heteroatoms. The fourth-order valence-electron chi connectivity index (χ4n) is 4.86. The summed E-state index contributed by atoms with van der Waals surface area (Å²) in [5.74, 6) is 1.79. The highest BCUT2D eigenvalue weighted by Crippen LogP contribution is 2.51. The number of hydrogen-bond donors (Lipinski definition) is 1. The molecule has 0 aromatic carbocycles. The minimum Gasteiger partial charge on any atom is -0.377 e. The minimum atomic E-state index is 0.345. The molecule has 0 radical (unpaired) electrons. The van der Waals surface area contributed by atoms with Crippen molar-refractivity contribution in [2.75, 3.05) is 13.2 Å². The number of fused-ring (bicyclic) bond motifs is 1. The van der Waals surface area contributed by atoms with Gasteiger partial charge in [-0.2, -0.15) is 0 Å². The van der Waals surface area contributed by atoms with Gasteiger partial charge in [-0.25, -0.2) is 0 Å². The Morgan fingerprint density at radius 1 is 1.05 bits per heavy atom. The van der Waals surface area contributed by atoms with Gasteiger partial charge < -0.3 is 10.1 Å². The Balaban J connectivity index is 1.44. The van der Waals surface area contributed by atoms with Crippen molar-refractivity contribution in [2.24, 2.45) is 17.3 Å². The van der Waals surface area contributed by atoms with Crippen LogP contribution in [0.15, 0.2) is 0 Å². The molecular weight excluding hydrogens is 234 g/mol. The van der Waals surface area contributed by atoms with Crippen molar-refractivity contribution in [1.82, 2.24) is 5.32 Å². The maximum absolute atomic E-state index is 5.98. The van der Waals surface area contributed by atoms with E-state index >= 15 is 0 Å². The largest absolute Gasteiger partial charge is 0.377 e. The van der Waals surface area contributed by atoms with Crippen LogP contribution in [0.1, 0.15) is 65.2 Å². The first-order chi connectivity index (χ1) is 9.19. The van der Waals surface area contributed by atoms with E-state index in [1.54, 1.807) is 0 Å². The normalized spacial score (nSPS) is 38.5. The standard InChI is InChI=1S/C17H31NO/c1-17(2)15(14-9-6-12-19-16(14)17)18-11-10-13-7-4-3-5-8-13/h13-16,18H,3-12H2,1-2H3. The second-order valence-corrected chi connectivity index (χ2v) is 7.64. The summed E-state index contributed by atoms with van der Waals surface area (Å²) in [6.07, 6.45) is 11.9. The SMILES string of the molecule is CC1(C)C(NCCC2CCCCC2)C2CCCOC21. The summed E-state index contributed by atoms with van der Waals surface area (Å²) in [6.45, 7) is 6.98. The molecule has 0 bridgehead atoms. The third kappa shape index (κ3) is 2.71. The molecule has 2 saturated carbocycles. The molecule has 3 fully saturated rings. The number of hydrogen-bond acceptors (Lipinski definition) is 2. The van der Waals surface area contributed by atoms with Crippen molar-refractivity contribution >= 4 is 0 Å². The molecule has 1 N–H and O–H groups in total. The van der Waals surface area contributed by atoms with Crippen LogP contribution in [0, 0.1) is 17.3 Å². The molecule has 110 valence electrons. The zero-order valence-electron chi connectivity index (χ0n) is 12.8. The van der Waals surface area contributed by atoms with Crippen LogP contribution >= 0.6 is 0 Å². The molecule has 3 aliphatic rings. The minimum absolute atomic E-state index is 0.345. The fourth-order valence-corrected chi connectivity index (χ4v) is 4.86. The molecule has 3 atom stereocenters. The van der Waals surface area contributed by atoms with Crippen molar-refractivity contribution in [2.45, 2.75) is 77.4 Å². The molecule has 0 spiro atoms. The van der Waals surface area contributed by atoms with E-state index in [9.17, 15) is 0 Å². The summed E-state index contributed by atoms with van der Waals surface area (Å²) in [4.78, 5) is 0. The van der Waals surface area contributed by atoms with Crippen LogP contribution in [0.5, 0.6) is 0 Å². The molecule has 1 heterocycles. The van der Waals surface area contributed by atoms with Crippen LogP contribution in [0.2, 0.25) is 0 Å². The molecule has 0 aromatic heterocycles. The first kappa shape index (κ1) is 13.9. The molecule has 2 nitrogen and oxygen atoms in total. The van der Waals surface area contributed by atoms with Gasteiger partial charge >= 0.3 is 0 Å². The van der Waals surface area contributed by atoms with Gasteiger partial charge in [-0.05, 0) is 31.7 Å². The summed E-state index contributed by atoms with van der Waals surface area (Å²) in [5.41, 5.74) is 0.345. The second-order valence-electron chi connectivity index (χ2n) is 7.64. The van der Waals surface area contributed by atoms with Crippen molar-refractivity contribution in [3.63, 3.8) is 0 Å². The molecular formula is C17H31NO. The van der Waals surface area contributed by atoms with E-state index < -0.39 is 0 Å². The highest BCUT2D eigenvalue weighted by molar-refractivity contribution is 5.10. The van der Waals surface area contributed by atoms with Gasteiger partial charge in [0, 0.05) is 24.0 Å². The van der Waals surface area contributed by atoms with Gasteiger partial charge in [0.2, 0.25) is 0 Å². The van der Waals surface area contributed by atoms with Crippen LogP contribution in [0.3, 0.4) is 0 Å². The highest BCUT2D eigenvalue weighted by Gasteiger charge is 2.57. The van der Waals surface area contributed by atoms with Gasteiger partial charge in [0.1, 0.15) is 0 Å². The molecule has 1 aliphatic heterocycles. The molecule has 1 saturated heterocycles. The van der Waals surface area contributed by atoms with E-state index in [1.165, 1.54) is 57.9 Å². The van der Waals surface area contributed by atoms with Crippen LogP contribution in [-0.4, -0.2) is 25.3 Å². The highest BCUT2D eigenvalue weighted by atomic mass is 16.5. The van der Waals surface area contributed by atoms with E-state index in [0.717, 1.165) is 18.4 Å². The number of nitrogens with one attached hydrogen (secondary N) is 1. The van der Waals surface area contributed by atoms with Crippen molar-refractivity contribution in [3.8, 4) is 0 Å². The maximum Gasteiger partial charge on any atom is 0.0684 e. The Bertz CT molecular complexity index is 296. The van der Waals surface area contributed by atoms with Gasteiger partial charge in [-0.15, -0.1) is 0 Å². The van der Waals surface area contributed by atoms with Gasteiger partial charge in [0.05, 0.1) is 6.10 Å². The van der Waals surface area contributed by atoms with Gasteiger partial charge in [-0.1, -0.05) is 46.0 Å². The lowest BCUT2D eigenvalue weighted by atomic mass is 9.55. The number of rotatable bonds is 4. The predicted molar refractivity (Wildman–Crippen MR) is 79.2 cm³/mol. The van der Waals surface area contributed by atoms with E-state index in [-0.39, 0.29) is 0 Å². The topological polar surface area (TPSA) is 21.3 Å². The summed E-state index contributed by atoms with van der Waals surface area (Å²) in [5, 5.41) is 3.88. The third-order valence-electron chi connectivity index (χ3n) is 5.97. The predicted octanol–water partition coefficient (Wildman–Crippen LogP) is 3.75. The Kier molecular flexibility index (Phi) is 4.19. The number of ether oxygens (including phenoxy) is 1. The van der Waals surface area contributed by atoms with Crippen molar-refractivity contribution < 1.29 is 4.74 Å². The Morgan fingerprint density at radius 2 is 1.84 bits per heavy atom. The van der Waals surface area contributed by atoms with Gasteiger partial charge in [0.25, 0.3) is 0 Å². The second kappa shape index (κ2) is 5.73. The van der Waals surface area contributed by atoms with Gasteiger partial charge in [-0.3, -0.25) is 0 Å². The van der Waals surface area contributed by atoms with Crippen molar-refractivity contribution in [3.05, 3.63) is 0 Å². The monoisotopic (exact) mass is 265 g/mol. The van der Waals surface area contributed by atoms with Crippen LogP contribution in [0.4, 0.5) is 0 Å². The Labute approximate surface area is 118 Å². The first-order valence-corrected chi connectivity index (χ1v) is 8.54. The summed E-state index contributed by atoms with van der Waals surface area (Å²) in [6, 6.07) is 0.696. The zero-order chi connectivity index (χ0) is 13.3. The smallest absolute Gasteiger partial charge is 0.0684 e. The van der Waals surface area contributed by atoms with Crippen LogP contribution in [0.25, 0.3) is 0 Å². The average molecular weight is 265 g/mol. The van der Waals surface area contributed by atoms with Crippen LogP contribution in [-0.2, 0) is 4.74 Å². The van der Waals surface area contributed by atoms with E-state index in [4.69, 9.17) is 4.74 Å². The van der Waals surface area contributed by atoms with Gasteiger partial charge in [0.15, 0.2) is 0 Å². The molecule has 3 unspecified atom stereocenters. The van der Waals surface area contributed by atoms with E-state index in [1.807, 2.05) is 0 Å². The first-order valence-electron chi connectivity index (χ1n) is 8.54. The van der Waals surface area contributed by atoms with E-state index in [0.29, 0.717) is 17.6 Å². The molecule has 2 aliphatic carbocycles. The molecule has 3 rings (SSSR count). The summed E-state index contributed by atoms with van der Waals surface area (Å²) in [7, 11) is 0. The lowest BCUT2D eigenvalue weighted by Crippen LogP contribution is -2.69. The molecule has 0 amide bonds. The molecule has 19 heavy (non-hydrogen) atoms. The zero-order valence-corrected chi connectivity index (χ0v) is 12.8. The van der Waals surface area contributed by atoms with Crippen LogP contribution < -0.4 is 5.32 Å².